The van der Waals surface area contributed by atoms with Gasteiger partial charge in [-0.05, 0) is 29.8 Å². The number of ketones is 1. The molecule has 84 valence electrons. The van der Waals surface area contributed by atoms with E-state index in [1.807, 2.05) is 29.0 Å². The van der Waals surface area contributed by atoms with E-state index in [0.717, 1.165) is 22.6 Å². The summed E-state index contributed by atoms with van der Waals surface area (Å²) in [6.45, 7) is 0.943. The van der Waals surface area contributed by atoms with E-state index in [4.69, 9.17) is 9.47 Å². The fraction of sp³-hybridized carbons (Fsp3) is 0.154. The van der Waals surface area contributed by atoms with E-state index in [2.05, 4.69) is 0 Å². The molecule has 0 N–H and O–H groups in total. The van der Waals surface area contributed by atoms with Gasteiger partial charge in [0.05, 0.1) is 5.69 Å². The minimum Gasteiger partial charge on any atom is -0.454 e. The summed E-state index contributed by atoms with van der Waals surface area (Å²) in [7, 11) is 0. The lowest BCUT2D eigenvalue weighted by atomic mass is 9.97. The van der Waals surface area contributed by atoms with Gasteiger partial charge in [0.1, 0.15) is 0 Å². The highest BCUT2D eigenvalue weighted by Crippen LogP contribution is 2.37. The summed E-state index contributed by atoms with van der Waals surface area (Å²) in [4.78, 5) is 12.3. The zero-order valence-corrected chi connectivity index (χ0v) is 8.97. The van der Waals surface area contributed by atoms with Gasteiger partial charge in [0.15, 0.2) is 11.5 Å². The largest absolute Gasteiger partial charge is 0.454 e. The standard InChI is InChI=1S/C13H9NO3/c15-13-9-5-12-11(16-7-17-12)4-8(9)6-14-3-1-2-10(13)14/h1-5H,6-7H2. The van der Waals surface area contributed by atoms with Crippen molar-refractivity contribution in [1.29, 1.82) is 0 Å². The Hall–Kier alpha value is -2.23. The molecule has 4 heteroatoms. The number of hydrogen-bond acceptors (Lipinski definition) is 3. The predicted molar refractivity (Wildman–Crippen MR) is 59.5 cm³/mol. The van der Waals surface area contributed by atoms with Crippen molar-refractivity contribution >= 4 is 5.78 Å². The number of ether oxygens (including phenoxy) is 2. The summed E-state index contributed by atoms with van der Waals surface area (Å²) in [6, 6.07) is 7.42. The van der Waals surface area contributed by atoms with Crippen molar-refractivity contribution in [1.82, 2.24) is 4.57 Å². The zero-order valence-electron chi connectivity index (χ0n) is 8.97. The van der Waals surface area contributed by atoms with Gasteiger partial charge in [-0.15, -0.1) is 0 Å². The number of nitrogens with zero attached hydrogens (tertiary/aromatic N) is 1. The summed E-state index contributed by atoms with van der Waals surface area (Å²) >= 11 is 0. The van der Waals surface area contributed by atoms with Crippen molar-refractivity contribution in [2.24, 2.45) is 0 Å². The summed E-state index contributed by atoms with van der Waals surface area (Å²) < 4.78 is 12.6. The Kier molecular flexibility index (Phi) is 1.52. The fourth-order valence-electron chi connectivity index (χ4n) is 2.41. The monoisotopic (exact) mass is 227 g/mol. The molecule has 3 heterocycles. The van der Waals surface area contributed by atoms with Gasteiger partial charge in [-0.1, -0.05) is 0 Å². The van der Waals surface area contributed by atoms with Gasteiger partial charge in [0.2, 0.25) is 12.6 Å². The first-order valence-corrected chi connectivity index (χ1v) is 5.45. The number of hydrogen-bond donors (Lipinski definition) is 0. The molecule has 1 aromatic carbocycles. The molecular weight excluding hydrogens is 218 g/mol. The highest BCUT2D eigenvalue weighted by atomic mass is 16.7. The Balaban J connectivity index is 1.94. The molecule has 4 rings (SSSR count). The highest BCUT2D eigenvalue weighted by Gasteiger charge is 2.26. The molecule has 1 aromatic heterocycles. The van der Waals surface area contributed by atoms with Crippen molar-refractivity contribution < 1.29 is 14.3 Å². The molecular formula is C13H9NO3. The van der Waals surface area contributed by atoms with Gasteiger partial charge >= 0.3 is 0 Å². The van der Waals surface area contributed by atoms with E-state index in [1.54, 1.807) is 6.07 Å². The van der Waals surface area contributed by atoms with E-state index in [1.165, 1.54) is 0 Å². The second-order valence-electron chi connectivity index (χ2n) is 4.21. The molecule has 0 radical (unpaired) electrons. The van der Waals surface area contributed by atoms with E-state index in [-0.39, 0.29) is 12.6 Å². The van der Waals surface area contributed by atoms with Crippen LogP contribution in [0.5, 0.6) is 11.5 Å². The van der Waals surface area contributed by atoms with Gasteiger partial charge in [-0.2, -0.15) is 0 Å². The molecule has 0 saturated carbocycles. The molecule has 0 amide bonds. The van der Waals surface area contributed by atoms with Crippen molar-refractivity contribution in [2.45, 2.75) is 6.54 Å². The third-order valence-corrected chi connectivity index (χ3v) is 3.25. The number of fused-ring (bicyclic) bond motifs is 3. The lowest BCUT2D eigenvalue weighted by Crippen LogP contribution is -2.19. The minimum atomic E-state index is 0.0505. The van der Waals surface area contributed by atoms with Crippen molar-refractivity contribution in [3.8, 4) is 11.5 Å². The predicted octanol–water partition coefficient (Wildman–Crippen LogP) is 1.81. The van der Waals surface area contributed by atoms with Crippen LogP contribution in [0.4, 0.5) is 0 Å². The summed E-state index contributed by atoms with van der Waals surface area (Å²) in [5, 5.41) is 0. The van der Waals surface area contributed by atoms with Crippen molar-refractivity contribution in [2.75, 3.05) is 6.79 Å². The Morgan fingerprint density at radius 1 is 1.18 bits per heavy atom. The van der Waals surface area contributed by atoms with E-state index in [0.29, 0.717) is 12.3 Å². The molecule has 2 aliphatic heterocycles. The number of benzene rings is 1. The lowest BCUT2D eigenvalue weighted by molar-refractivity contribution is 0.102. The van der Waals surface area contributed by atoms with Crippen LogP contribution in [0.2, 0.25) is 0 Å². The molecule has 2 aromatic rings. The maximum Gasteiger partial charge on any atom is 0.231 e. The SMILES string of the molecule is O=C1c2cc3c(cc2Cn2cccc21)OCO3. The third kappa shape index (κ3) is 1.09. The van der Waals surface area contributed by atoms with Crippen LogP contribution in [0.3, 0.4) is 0 Å². The van der Waals surface area contributed by atoms with Crippen molar-refractivity contribution in [3.05, 3.63) is 47.3 Å². The Morgan fingerprint density at radius 2 is 2.00 bits per heavy atom. The molecule has 0 spiro atoms. The maximum atomic E-state index is 12.3. The summed E-state index contributed by atoms with van der Waals surface area (Å²) in [5.41, 5.74) is 2.44. The average molecular weight is 227 g/mol. The first-order valence-electron chi connectivity index (χ1n) is 5.45. The van der Waals surface area contributed by atoms with E-state index >= 15 is 0 Å². The summed E-state index contributed by atoms with van der Waals surface area (Å²) in [6.07, 6.45) is 1.92. The van der Waals surface area contributed by atoms with Gasteiger partial charge in [0, 0.05) is 18.3 Å². The van der Waals surface area contributed by atoms with Gasteiger partial charge in [0.25, 0.3) is 0 Å². The van der Waals surface area contributed by atoms with Gasteiger partial charge < -0.3 is 14.0 Å². The molecule has 0 saturated heterocycles. The first-order chi connectivity index (χ1) is 8.33. The quantitative estimate of drug-likeness (QED) is 0.588. The number of carbonyl (C=O) groups excluding carboxylic acids is 1. The molecule has 17 heavy (non-hydrogen) atoms. The average Bonchev–Trinajstić information content (AvgIpc) is 2.94. The Labute approximate surface area is 97.4 Å². The molecule has 0 unspecified atom stereocenters. The number of rotatable bonds is 0. The topological polar surface area (TPSA) is 40.5 Å². The summed E-state index contributed by atoms with van der Waals surface area (Å²) in [5.74, 6) is 1.44. The third-order valence-electron chi connectivity index (χ3n) is 3.25. The normalized spacial score (nSPS) is 15.6. The van der Waals surface area contributed by atoms with Crippen LogP contribution in [-0.2, 0) is 6.54 Å². The molecule has 0 fully saturated rings. The second kappa shape index (κ2) is 2.91. The minimum absolute atomic E-state index is 0.0505. The Morgan fingerprint density at radius 3 is 2.88 bits per heavy atom. The van der Waals surface area contributed by atoms with Crippen LogP contribution >= 0.6 is 0 Å². The fourth-order valence-corrected chi connectivity index (χ4v) is 2.41. The number of carbonyl (C=O) groups is 1. The molecule has 2 aliphatic rings. The van der Waals surface area contributed by atoms with Crippen LogP contribution < -0.4 is 9.47 Å². The van der Waals surface area contributed by atoms with Gasteiger partial charge in [-0.3, -0.25) is 4.79 Å². The molecule has 0 atom stereocenters. The highest BCUT2D eigenvalue weighted by molar-refractivity contribution is 6.10. The molecule has 0 bridgehead atoms. The van der Waals surface area contributed by atoms with E-state index < -0.39 is 0 Å². The first kappa shape index (κ1) is 8.87. The van der Waals surface area contributed by atoms with Crippen LogP contribution in [0.15, 0.2) is 30.5 Å². The maximum absolute atomic E-state index is 12.3. The van der Waals surface area contributed by atoms with Crippen LogP contribution in [0.25, 0.3) is 0 Å². The Bertz CT molecular complexity index is 642. The second-order valence-corrected chi connectivity index (χ2v) is 4.21. The number of aromatic nitrogens is 1. The van der Waals surface area contributed by atoms with Gasteiger partial charge in [-0.25, -0.2) is 0 Å². The molecule has 4 nitrogen and oxygen atoms in total. The lowest BCUT2D eigenvalue weighted by Gasteiger charge is -2.18. The van der Waals surface area contributed by atoms with Crippen LogP contribution in [0.1, 0.15) is 21.6 Å². The zero-order chi connectivity index (χ0) is 11.4. The van der Waals surface area contributed by atoms with E-state index in [9.17, 15) is 4.79 Å². The smallest absolute Gasteiger partial charge is 0.231 e. The van der Waals surface area contributed by atoms with Crippen LogP contribution in [0, 0.1) is 0 Å². The van der Waals surface area contributed by atoms with Crippen molar-refractivity contribution in [3.63, 3.8) is 0 Å². The molecule has 0 aliphatic carbocycles. The van der Waals surface area contributed by atoms with Crippen LogP contribution in [-0.4, -0.2) is 17.1 Å².